The molecule has 1 saturated heterocycles. The zero-order valence-corrected chi connectivity index (χ0v) is 21.0. The molecule has 2 unspecified atom stereocenters. The van der Waals surface area contributed by atoms with Gasteiger partial charge in [-0.15, -0.1) is 0 Å². The topological polar surface area (TPSA) is 126 Å². The molecule has 1 aliphatic heterocycles. The number of amides is 1. The van der Waals surface area contributed by atoms with E-state index in [1.165, 1.54) is 6.33 Å². The van der Waals surface area contributed by atoms with Crippen LogP contribution in [0.1, 0.15) is 62.7 Å². The molecule has 192 valence electrons. The van der Waals surface area contributed by atoms with Crippen molar-refractivity contribution >= 4 is 17.2 Å². The Morgan fingerprint density at radius 3 is 2.58 bits per heavy atom. The molecule has 1 saturated carbocycles. The number of nitrogens with one attached hydrogen (secondary N) is 1. The Kier molecular flexibility index (Phi) is 7.06. The van der Waals surface area contributed by atoms with Crippen molar-refractivity contribution in [2.45, 2.75) is 82.8 Å². The van der Waals surface area contributed by atoms with E-state index >= 15 is 0 Å². The first-order valence-corrected chi connectivity index (χ1v) is 12.7. The smallest absolute Gasteiger partial charge is 0.253 e. The molecule has 10 nitrogen and oxygen atoms in total. The summed E-state index contributed by atoms with van der Waals surface area (Å²) in [6.45, 7) is 4.22. The van der Waals surface area contributed by atoms with E-state index in [1.807, 2.05) is 6.07 Å². The second-order valence-electron chi connectivity index (χ2n) is 9.87. The average Bonchev–Trinajstić information content (AvgIpc) is 3.26. The van der Waals surface area contributed by atoms with Gasteiger partial charge in [0.05, 0.1) is 42.8 Å². The van der Waals surface area contributed by atoms with Crippen LogP contribution in [0.3, 0.4) is 0 Å². The Bertz CT molecular complexity index is 1210. The van der Waals surface area contributed by atoms with E-state index in [0.29, 0.717) is 22.7 Å². The molecule has 0 aromatic carbocycles. The van der Waals surface area contributed by atoms with E-state index in [4.69, 9.17) is 19.9 Å². The first kappa shape index (κ1) is 24.5. The molecule has 3 aromatic rings. The Labute approximate surface area is 210 Å². The highest BCUT2D eigenvalue weighted by molar-refractivity contribution is 6.05. The van der Waals surface area contributed by atoms with Gasteiger partial charge in [0.2, 0.25) is 5.88 Å². The number of methoxy groups -OCH3 is 1. The number of pyridine rings is 1. The lowest BCUT2D eigenvalue weighted by Gasteiger charge is -2.36. The summed E-state index contributed by atoms with van der Waals surface area (Å²) in [6, 6.07) is 5.51. The van der Waals surface area contributed by atoms with Crippen LogP contribution in [0.4, 0.5) is 5.82 Å². The van der Waals surface area contributed by atoms with Crippen LogP contribution in [0, 0.1) is 0 Å². The minimum absolute atomic E-state index is 0.0789. The van der Waals surface area contributed by atoms with Crippen LogP contribution < -0.4 is 15.8 Å². The largest absolute Gasteiger partial charge is 0.481 e. The van der Waals surface area contributed by atoms with Crippen molar-refractivity contribution in [1.82, 2.24) is 24.9 Å². The van der Waals surface area contributed by atoms with E-state index in [-0.39, 0.29) is 42.2 Å². The molecule has 4 heterocycles. The van der Waals surface area contributed by atoms with Gasteiger partial charge < -0.3 is 25.3 Å². The third-order valence-electron chi connectivity index (χ3n) is 7.12. The summed E-state index contributed by atoms with van der Waals surface area (Å²) < 4.78 is 19.1. The zero-order chi connectivity index (χ0) is 25.2. The molecule has 0 radical (unpaired) electrons. The van der Waals surface area contributed by atoms with Crippen LogP contribution in [0.2, 0.25) is 0 Å². The molecule has 1 aliphatic carbocycles. The number of rotatable bonds is 6. The van der Waals surface area contributed by atoms with Crippen LogP contribution in [0.15, 0.2) is 30.7 Å². The molecule has 3 N–H and O–H groups in total. The number of carbonyl (C=O) groups is 1. The number of nitrogens with zero attached hydrogens (tertiary/aromatic N) is 4. The average molecular weight is 495 g/mol. The van der Waals surface area contributed by atoms with Gasteiger partial charge in [0.25, 0.3) is 5.91 Å². The number of hydrogen-bond acceptors (Lipinski definition) is 8. The molecule has 36 heavy (non-hydrogen) atoms. The predicted octanol–water partition coefficient (Wildman–Crippen LogP) is 3.40. The van der Waals surface area contributed by atoms with Crippen LogP contribution in [-0.4, -0.2) is 63.1 Å². The number of fused-ring (bicyclic) bond motifs is 1. The molecule has 2 aliphatic rings. The number of nitrogen functional groups attached to an aromatic ring is 1. The normalized spacial score (nSPS) is 26.6. The lowest BCUT2D eigenvalue weighted by atomic mass is 9.92. The monoisotopic (exact) mass is 494 g/mol. The van der Waals surface area contributed by atoms with Crippen molar-refractivity contribution in [3.8, 4) is 17.1 Å². The lowest BCUT2D eigenvalue weighted by Crippen LogP contribution is -2.41. The van der Waals surface area contributed by atoms with E-state index in [9.17, 15) is 4.79 Å². The molecule has 0 spiro atoms. The van der Waals surface area contributed by atoms with Crippen LogP contribution >= 0.6 is 0 Å². The SMILES string of the molecule is COc1cc(-c2cc(C(=O)NC3CCC(OC4CC(C)OC(C)C4)CC3)c3c(N)ncnn23)ccn1. The van der Waals surface area contributed by atoms with Crippen molar-refractivity contribution in [3.05, 3.63) is 36.3 Å². The first-order valence-electron chi connectivity index (χ1n) is 12.7. The first-order chi connectivity index (χ1) is 17.4. The third-order valence-corrected chi connectivity index (χ3v) is 7.12. The Balaban J connectivity index is 1.28. The summed E-state index contributed by atoms with van der Waals surface area (Å²) in [4.78, 5) is 21.7. The summed E-state index contributed by atoms with van der Waals surface area (Å²) in [5, 5.41) is 7.56. The second-order valence-corrected chi connectivity index (χ2v) is 9.87. The van der Waals surface area contributed by atoms with Gasteiger partial charge in [0, 0.05) is 23.9 Å². The molecule has 2 atom stereocenters. The molecule has 10 heteroatoms. The van der Waals surface area contributed by atoms with Crippen LogP contribution in [0.5, 0.6) is 5.88 Å². The molecular weight excluding hydrogens is 460 g/mol. The summed E-state index contributed by atoms with van der Waals surface area (Å²) in [7, 11) is 1.56. The Morgan fingerprint density at radius 2 is 1.86 bits per heavy atom. The molecule has 5 rings (SSSR count). The van der Waals surface area contributed by atoms with Gasteiger partial charge in [-0.1, -0.05) is 0 Å². The molecule has 0 bridgehead atoms. The van der Waals surface area contributed by atoms with Crippen molar-refractivity contribution in [1.29, 1.82) is 0 Å². The minimum Gasteiger partial charge on any atom is -0.481 e. The van der Waals surface area contributed by atoms with E-state index in [1.54, 1.807) is 30.0 Å². The maximum absolute atomic E-state index is 13.4. The summed E-state index contributed by atoms with van der Waals surface area (Å²) in [6.07, 6.45) is 9.47. The van der Waals surface area contributed by atoms with Gasteiger partial charge in [-0.2, -0.15) is 5.10 Å². The van der Waals surface area contributed by atoms with E-state index < -0.39 is 0 Å². The number of nitrogens with two attached hydrogens (primary N) is 1. The fourth-order valence-corrected chi connectivity index (χ4v) is 5.46. The van der Waals surface area contributed by atoms with Gasteiger partial charge in [-0.05, 0) is 64.5 Å². The van der Waals surface area contributed by atoms with Crippen molar-refractivity contribution in [3.63, 3.8) is 0 Å². The Hall–Kier alpha value is -3.24. The molecule has 3 aromatic heterocycles. The van der Waals surface area contributed by atoms with Gasteiger partial charge in [-0.25, -0.2) is 14.5 Å². The Morgan fingerprint density at radius 1 is 1.11 bits per heavy atom. The van der Waals surface area contributed by atoms with Crippen molar-refractivity contribution < 1.29 is 19.0 Å². The summed E-state index contributed by atoms with van der Waals surface area (Å²) in [5.74, 6) is 0.538. The van der Waals surface area contributed by atoms with Crippen molar-refractivity contribution in [2.24, 2.45) is 0 Å². The molecule has 2 fully saturated rings. The van der Waals surface area contributed by atoms with Crippen LogP contribution in [0.25, 0.3) is 16.8 Å². The second kappa shape index (κ2) is 10.4. The summed E-state index contributed by atoms with van der Waals surface area (Å²) >= 11 is 0. The number of anilines is 1. The quantitative estimate of drug-likeness (QED) is 0.534. The van der Waals surface area contributed by atoms with E-state index in [2.05, 4.69) is 34.2 Å². The highest BCUT2D eigenvalue weighted by atomic mass is 16.5. The number of carbonyl (C=O) groups excluding carboxylic acids is 1. The van der Waals surface area contributed by atoms with Gasteiger partial charge in [0.1, 0.15) is 11.8 Å². The lowest BCUT2D eigenvalue weighted by molar-refractivity contribution is -0.127. The fourth-order valence-electron chi connectivity index (χ4n) is 5.46. The number of hydrogen-bond donors (Lipinski definition) is 2. The van der Waals surface area contributed by atoms with Gasteiger partial charge in [-0.3, -0.25) is 4.79 Å². The van der Waals surface area contributed by atoms with Gasteiger partial charge in [0.15, 0.2) is 5.82 Å². The van der Waals surface area contributed by atoms with Crippen LogP contribution in [-0.2, 0) is 9.47 Å². The number of ether oxygens (including phenoxy) is 3. The molecular formula is C26H34N6O4. The maximum Gasteiger partial charge on any atom is 0.253 e. The highest BCUT2D eigenvalue weighted by Gasteiger charge is 2.30. The van der Waals surface area contributed by atoms with Gasteiger partial charge >= 0.3 is 0 Å². The summed E-state index contributed by atoms with van der Waals surface area (Å²) in [5.41, 5.74) is 8.64. The zero-order valence-electron chi connectivity index (χ0n) is 21.0. The predicted molar refractivity (Wildman–Crippen MR) is 135 cm³/mol. The fraction of sp³-hybridized carbons (Fsp3) is 0.538. The van der Waals surface area contributed by atoms with E-state index in [0.717, 1.165) is 44.1 Å². The minimum atomic E-state index is -0.183. The third kappa shape index (κ3) is 5.15. The maximum atomic E-state index is 13.4. The highest BCUT2D eigenvalue weighted by Crippen LogP contribution is 2.31. The standard InChI is InChI=1S/C26H34N6O4/c1-15-10-20(11-16(2)35-15)36-19-6-4-18(5-7-19)31-26(33)21-13-22(17-8-9-28-23(12-17)34-3)32-24(21)25(27)29-14-30-32/h8-9,12-16,18-20H,4-7,10-11H2,1-3H3,(H,31,33)(H2,27,29,30). The van der Waals surface area contributed by atoms with Crippen molar-refractivity contribution in [2.75, 3.05) is 12.8 Å². The molecule has 1 amide bonds. The number of aromatic nitrogens is 4.